The van der Waals surface area contributed by atoms with Gasteiger partial charge in [-0.2, -0.15) is 0 Å². The SMILES string of the molecule is CCNC(=NCC(=O)Nc1cccc(F)c1)NCc1ccco1.I. The molecular weight excluding hydrogens is 426 g/mol. The Balaban J connectivity index is 0.00000288. The second kappa shape index (κ2) is 10.6. The van der Waals surface area contributed by atoms with Crippen LogP contribution in [0.2, 0.25) is 0 Å². The van der Waals surface area contributed by atoms with Gasteiger partial charge in [-0.05, 0) is 37.3 Å². The Morgan fingerprint density at radius 2 is 2.08 bits per heavy atom. The van der Waals surface area contributed by atoms with E-state index in [4.69, 9.17) is 4.42 Å². The third kappa shape index (κ3) is 6.99. The topological polar surface area (TPSA) is 78.7 Å². The normalized spacial score (nSPS) is 10.7. The van der Waals surface area contributed by atoms with Gasteiger partial charge in [0.1, 0.15) is 18.1 Å². The fourth-order valence-electron chi connectivity index (χ4n) is 1.84. The van der Waals surface area contributed by atoms with Crippen LogP contribution in [-0.4, -0.2) is 25.0 Å². The fraction of sp³-hybridized carbons (Fsp3) is 0.250. The number of nitrogens with one attached hydrogen (secondary N) is 3. The number of benzene rings is 1. The number of rotatable bonds is 6. The van der Waals surface area contributed by atoms with E-state index in [2.05, 4.69) is 20.9 Å². The highest BCUT2D eigenvalue weighted by Gasteiger charge is 2.04. The number of nitrogens with zero attached hydrogens (tertiary/aromatic N) is 1. The second-order valence-electron chi connectivity index (χ2n) is 4.69. The lowest BCUT2D eigenvalue weighted by atomic mass is 10.3. The van der Waals surface area contributed by atoms with E-state index < -0.39 is 5.82 Å². The molecule has 0 saturated carbocycles. The molecule has 0 bridgehead atoms. The zero-order valence-corrected chi connectivity index (χ0v) is 15.5. The van der Waals surface area contributed by atoms with Crippen LogP contribution in [0.4, 0.5) is 10.1 Å². The first-order chi connectivity index (χ1) is 11.2. The summed E-state index contributed by atoms with van der Waals surface area (Å²) in [4.78, 5) is 16.0. The van der Waals surface area contributed by atoms with Gasteiger partial charge >= 0.3 is 0 Å². The number of guanidine groups is 1. The van der Waals surface area contributed by atoms with Gasteiger partial charge in [-0.3, -0.25) is 4.79 Å². The molecule has 24 heavy (non-hydrogen) atoms. The van der Waals surface area contributed by atoms with Crippen molar-refractivity contribution in [3.8, 4) is 0 Å². The maximum Gasteiger partial charge on any atom is 0.246 e. The van der Waals surface area contributed by atoms with Crippen LogP contribution in [0.1, 0.15) is 12.7 Å². The van der Waals surface area contributed by atoms with Crippen molar-refractivity contribution in [3.63, 3.8) is 0 Å². The number of anilines is 1. The number of carbonyl (C=O) groups excluding carboxylic acids is 1. The highest BCUT2D eigenvalue weighted by atomic mass is 127. The number of aliphatic imine (C=N–C) groups is 1. The zero-order valence-electron chi connectivity index (χ0n) is 13.2. The number of hydrogen-bond acceptors (Lipinski definition) is 3. The first-order valence-corrected chi connectivity index (χ1v) is 7.27. The maximum atomic E-state index is 13.1. The van der Waals surface area contributed by atoms with Gasteiger partial charge in [-0.15, -0.1) is 24.0 Å². The minimum Gasteiger partial charge on any atom is -0.467 e. The largest absolute Gasteiger partial charge is 0.467 e. The van der Waals surface area contributed by atoms with Crippen LogP contribution in [0.25, 0.3) is 0 Å². The fourth-order valence-corrected chi connectivity index (χ4v) is 1.84. The van der Waals surface area contributed by atoms with Crippen LogP contribution < -0.4 is 16.0 Å². The zero-order chi connectivity index (χ0) is 16.5. The lowest BCUT2D eigenvalue weighted by molar-refractivity contribution is -0.114. The van der Waals surface area contributed by atoms with Gasteiger partial charge in [0.2, 0.25) is 5.91 Å². The van der Waals surface area contributed by atoms with Gasteiger partial charge in [0.05, 0.1) is 12.8 Å². The molecule has 1 aromatic heterocycles. The molecule has 1 amide bonds. The van der Waals surface area contributed by atoms with Crippen molar-refractivity contribution in [3.05, 3.63) is 54.2 Å². The quantitative estimate of drug-likeness (QED) is 0.362. The summed E-state index contributed by atoms with van der Waals surface area (Å²) in [6.45, 7) is 2.97. The van der Waals surface area contributed by atoms with Crippen LogP contribution in [0, 0.1) is 5.82 Å². The smallest absolute Gasteiger partial charge is 0.246 e. The van der Waals surface area contributed by atoms with E-state index in [-0.39, 0.29) is 36.4 Å². The lowest BCUT2D eigenvalue weighted by Gasteiger charge is -2.10. The minimum atomic E-state index is -0.403. The molecule has 6 nitrogen and oxygen atoms in total. The van der Waals surface area contributed by atoms with Crippen molar-refractivity contribution >= 4 is 41.5 Å². The summed E-state index contributed by atoms with van der Waals surface area (Å²) in [5, 5.41) is 8.68. The van der Waals surface area contributed by atoms with E-state index in [0.29, 0.717) is 24.7 Å². The minimum absolute atomic E-state index is 0. The van der Waals surface area contributed by atoms with Crippen LogP contribution >= 0.6 is 24.0 Å². The van der Waals surface area contributed by atoms with Crippen molar-refractivity contribution in [2.45, 2.75) is 13.5 Å². The average molecular weight is 446 g/mol. The third-order valence-corrected chi connectivity index (χ3v) is 2.84. The van der Waals surface area contributed by atoms with Crippen LogP contribution in [0.3, 0.4) is 0 Å². The molecule has 130 valence electrons. The number of amides is 1. The molecule has 0 spiro atoms. The molecule has 0 unspecified atom stereocenters. The molecule has 1 aromatic carbocycles. The third-order valence-electron chi connectivity index (χ3n) is 2.84. The molecule has 1 heterocycles. The van der Waals surface area contributed by atoms with Crippen molar-refractivity contribution in [1.29, 1.82) is 0 Å². The predicted molar refractivity (Wildman–Crippen MR) is 102 cm³/mol. The van der Waals surface area contributed by atoms with Gasteiger partial charge in [0.15, 0.2) is 5.96 Å². The van der Waals surface area contributed by atoms with E-state index in [1.165, 1.54) is 18.2 Å². The highest BCUT2D eigenvalue weighted by Crippen LogP contribution is 2.08. The summed E-state index contributed by atoms with van der Waals surface area (Å²) in [5.74, 6) is 0.531. The van der Waals surface area contributed by atoms with Gasteiger partial charge in [-0.25, -0.2) is 9.38 Å². The molecule has 0 aliphatic carbocycles. The van der Waals surface area contributed by atoms with Crippen LogP contribution in [-0.2, 0) is 11.3 Å². The van der Waals surface area contributed by atoms with E-state index in [9.17, 15) is 9.18 Å². The maximum absolute atomic E-state index is 13.1. The van der Waals surface area contributed by atoms with Gasteiger partial charge in [0.25, 0.3) is 0 Å². The monoisotopic (exact) mass is 446 g/mol. The number of halogens is 2. The second-order valence-corrected chi connectivity index (χ2v) is 4.69. The lowest BCUT2D eigenvalue weighted by Crippen LogP contribution is -2.37. The van der Waals surface area contributed by atoms with Crippen LogP contribution in [0.5, 0.6) is 0 Å². The van der Waals surface area contributed by atoms with Gasteiger partial charge in [-0.1, -0.05) is 6.07 Å². The molecule has 2 aromatic rings. The summed E-state index contributed by atoms with van der Waals surface area (Å²) >= 11 is 0. The molecule has 0 aliphatic rings. The summed E-state index contributed by atoms with van der Waals surface area (Å²) in [7, 11) is 0. The van der Waals surface area contributed by atoms with Gasteiger partial charge in [0, 0.05) is 12.2 Å². The molecule has 0 radical (unpaired) electrons. The Labute approximate surface area is 156 Å². The number of furan rings is 1. The summed E-state index contributed by atoms with van der Waals surface area (Å²) in [6, 6.07) is 9.35. The van der Waals surface area contributed by atoms with E-state index in [1.54, 1.807) is 18.4 Å². The Morgan fingerprint density at radius 3 is 2.75 bits per heavy atom. The molecule has 3 N–H and O–H groups in total. The summed E-state index contributed by atoms with van der Waals surface area (Å²) in [5.41, 5.74) is 0.402. The van der Waals surface area contributed by atoms with Crippen molar-refractivity contribution in [1.82, 2.24) is 10.6 Å². The van der Waals surface area contributed by atoms with E-state index in [0.717, 1.165) is 5.76 Å². The molecule has 0 aliphatic heterocycles. The van der Waals surface area contributed by atoms with Gasteiger partial charge < -0.3 is 20.4 Å². The molecule has 8 heteroatoms. The molecule has 2 rings (SSSR count). The summed E-state index contributed by atoms with van der Waals surface area (Å²) < 4.78 is 18.3. The molecule has 0 atom stereocenters. The van der Waals surface area contributed by atoms with Crippen molar-refractivity contribution in [2.24, 2.45) is 4.99 Å². The molecule has 0 fully saturated rings. The Kier molecular flexibility index (Phi) is 8.84. The number of hydrogen-bond donors (Lipinski definition) is 3. The number of carbonyl (C=O) groups is 1. The Morgan fingerprint density at radius 1 is 1.25 bits per heavy atom. The predicted octanol–water partition coefficient (Wildman–Crippen LogP) is 2.73. The van der Waals surface area contributed by atoms with Crippen molar-refractivity contribution < 1.29 is 13.6 Å². The van der Waals surface area contributed by atoms with E-state index >= 15 is 0 Å². The van der Waals surface area contributed by atoms with Crippen molar-refractivity contribution in [2.75, 3.05) is 18.4 Å². The highest BCUT2D eigenvalue weighted by molar-refractivity contribution is 14.0. The average Bonchev–Trinajstić information content (AvgIpc) is 3.03. The Bertz CT molecular complexity index is 662. The van der Waals surface area contributed by atoms with Crippen LogP contribution in [0.15, 0.2) is 52.1 Å². The Hall–Kier alpha value is -2.10. The van der Waals surface area contributed by atoms with E-state index in [1.807, 2.05) is 13.0 Å². The summed E-state index contributed by atoms with van der Waals surface area (Å²) in [6.07, 6.45) is 1.59. The molecule has 0 saturated heterocycles. The first kappa shape index (κ1) is 19.9. The first-order valence-electron chi connectivity index (χ1n) is 7.27. The standard InChI is InChI=1S/C16H19FN4O2.HI/c1-2-18-16(19-10-14-7-4-8-23-14)20-11-15(22)21-13-6-3-5-12(17)9-13;/h3-9H,2,10-11H2,1H3,(H,21,22)(H2,18,19,20);1H. The molecular formula is C16H20FIN4O2.